The Balaban J connectivity index is 2.66. The molecule has 0 amide bonds. The van der Waals surface area contributed by atoms with Gasteiger partial charge in [-0.15, -0.1) is 0 Å². The van der Waals surface area contributed by atoms with Gasteiger partial charge in [0.15, 0.2) is 0 Å². The molecule has 0 aliphatic heterocycles. The van der Waals surface area contributed by atoms with Crippen molar-refractivity contribution in [1.82, 2.24) is 4.90 Å². The van der Waals surface area contributed by atoms with E-state index >= 15 is 0 Å². The summed E-state index contributed by atoms with van der Waals surface area (Å²) in [4.78, 5) is 2.63. The predicted octanol–water partition coefficient (Wildman–Crippen LogP) is 3.12. The first-order chi connectivity index (χ1) is 7.99. The minimum absolute atomic E-state index is 0.373. The predicted molar refractivity (Wildman–Crippen MR) is 76.0 cm³/mol. The van der Waals surface area contributed by atoms with Gasteiger partial charge < -0.3 is 5.73 Å². The van der Waals surface area contributed by atoms with Crippen molar-refractivity contribution in [2.45, 2.75) is 66.0 Å². The second-order valence-corrected chi connectivity index (χ2v) is 6.31. The Morgan fingerprint density at radius 1 is 1.24 bits per heavy atom. The minimum atomic E-state index is 0.373. The molecule has 0 aromatic heterocycles. The summed E-state index contributed by atoms with van der Waals surface area (Å²) in [6, 6.07) is 0.975. The molecule has 2 N–H and O–H groups in total. The molecule has 2 heteroatoms. The molecule has 2 nitrogen and oxygen atoms in total. The van der Waals surface area contributed by atoms with E-state index in [1.807, 2.05) is 0 Å². The number of hydrogen-bond acceptors (Lipinski definition) is 2. The van der Waals surface area contributed by atoms with Gasteiger partial charge >= 0.3 is 0 Å². The highest BCUT2D eigenvalue weighted by Crippen LogP contribution is 2.31. The zero-order chi connectivity index (χ0) is 13.0. The maximum Gasteiger partial charge on any atom is 0.0272 e. The van der Waals surface area contributed by atoms with E-state index in [9.17, 15) is 0 Å². The van der Waals surface area contributed by atoms with Crippen LogP contribution in [-0.2, 0) is 0 Å². The average Bonchev–Trinajstić information content (AvgIpc) is 2.25. The van der Waals surface area contributed by atoms with Gasteiger partial charge in [0.2, 0.25) is 0 Å². The van der Waals surface area contributed by atoms with Crippen molar-refractivity contribution in [2.75, 3.05) is 13.1 Å². The highest BCUT2D eigenvalue weighted by molar-refractivity contribution is 4.92. The number of rotatable bonds is 5. The molecule has 0 aromatic rings. The minimum Gasteiger partial charge on any atom is -0.326 e. The monoisotopic (exact) mass is 240 g/mol. The van der Waals surface area contributed by atoms with Crippen LogP contribution in [0.15, 0.2) is 0 Å². The Bertz CT molecular complexity index is 205. The van der Waals surface area contributed by atoms with Crippen LogP contribution in [0.25, 0.3) is 0 Å². The Kier molecular flexibility index (Phi) is 5.94. The van der Waals surface area contributed by atoms with Gasteiger partial charge in [-0.2, -0.15) is 0 Å². The first-order valence-corrected chi connectivity index (χ1v) is 7.49. The molecule has 0 radical (unpaired) electrons. The normalized spacial score (nSPS) is 36.2. The Morgan fingerprint density at radius 2 is 1.88 bits per heavy atom. The molecule has 1 saturated carbocycles. The van der Waals surface area contributed by atoms with Crippen LogP contribution in [0.3, 0.4) is 0 Å². The topological polar surface area (TPSA) is 29.3 Å². The third kappa shape index (κ3) is 3.96. The second kappa shape index (κ2) is 6.75. The van der Waals surface area contributed by atoms with Gasteiger partial charge in [-0.1, -0.05) is 41.0 Å². The molecule has 102 valence electrons. The summed E-state index contributed by atoms with van der Waals surface area (Å²) in [5.41, 5.74) is 6.41. The summed E-state index contributed by atoms with van der Waals surface area (Å²) in [5.74, 6) is 2.34. The lowest BCUT2D eigenvalue weighted by Crippen LogP contribution is -2.55. The molecule has 1 fully saturated rings. The molecule has 1 aliphatic rings. The summed E-state index contributed by atoms with van der Waals surface area (Å²) in [6.07, 6.45) is 3.81. The lowest BCUT2D eigenvalue weighted by molar-refractivity contribution is 0.0680. The first kappa shape index (κ1) is 15.0. The molecule has 5 unspecified atom stereocenters. The zero-order valence-corrected chi connectivity index (χ0v) is 12.4. The lowest BCUT2D eigenvalue weighted by Gasteiger charge is -2.45. The van der Waals surface area contributed by atoms with E-state index in [2.05, 4.69) is 39.5 Å². The van der Waals surface area contributed by atoms with Crippen molar-refractivity contribution < 1.29 is 0 Å². The highest BCUT2D eigenvalue weighted by atomic mass is 15.2. The summed E-state index contributed by atoms with van der Waals surface area (Å²) < 4.78 is 0. The quantitative estimate of drug-likeness (QED) is 0.800. The number of hydrogen-bond donors (Lipinski definition) is 1. The van der Waals surface area contributed by atoms with Gasteiger partial charge in [-0.05, 0) is 37.1 Å². The molecular weight excluding hydrogens is 208 g/mol. The summed E-state index contributed by atoms with van der Waals surface area (Å²) in [7, 11) is 0. The van der Waals surface area contributed by atoms with Crippen LogP contribution in [0.2, 0.25) is 0 Å². The van der Waals surface area contributed by atoms with E-state index in [1.54, 1.807) is 0 Å². The number of likely N-dealkylation sites (N-methyl/N-ethyl adjacent to an activating group) is 1. The van der Waals surface area contributed by atoms with E-state index < -0.39 is 0 Å². The first-order valence-electron chi connectivity index (χ1n) is 7.49. The zero-order valence-electron chi connectivity index (χ0n) is 12.4. The van der Waals surface area contributed by atoms with E-state index in [0.717, 1.165) is 24.3 Å². The van der Waals surface area contributed by atoms with E-state index in [1.165, 1.54) is 25.8 Å². The molecular formula is C15H32N2. The molecule has 0 aromatic carbocycles. The van der Waals surface area contributed by atoms with Crippen LogP contribution >= 0.6 is 0 Å². The second-order valence-electron chi connectivity index (χ2n) is 6.31. The Hall–Kier alpha value is -0.0800. The van der Waals surface area contributed by atoms with Crippen molar-refractivity contribution in [3.05, 3.63) is 0 Å². The van der Waals surface area contributed by atoms with E-state index in [0.29, 0.717) is 12.1 Å². The maximum absolute atomic E-state index is 6.41. The molecule has 1 rings (SSSR count). The van der Waals surface area contributed by atoms with Crippen LogP contribution in [0.4, 0.5) is 0 Å². The van der Waals surface area contributed by atoms with Crippen LogP contribution in [0.1, 0.15) is 53.9 Å². The van der Waals surface area contributed by atoms with Crippen LogP contribution in [0.5, 0.6) is 0 Å². The van der Waals surface area contributed by atoms with Crippen LogP contribution in [-0.4, -0.2) is 30.1 Å². The van der Waals surface area contributed by atoms with Gasteiger partial charge in [0.05, 0.1) is 0 Å². The molecule has 5 atom stereocenters. The standard InChI is InChI=1S/C15H32N2/c1-6-11(3)10-17(7-2)15-13(5)8-12(4)9-14(15)16/h11-15H,6-10,16H2,1-5H3. The fraction of sp³-hybridized carbons (Fsp3) is 1.00. The highest BCUT2D eigenvalue weighted by Gasteiger charge is 2.35. The van der Waals surface area contributed by atoms with Crippen molar-refractivity contribution in [3.8, 4) is 0 Å². The molecule has 1 aliphatic carbocycles. The van der Waals surface area contributed by atoms with Crippen molar-refractivity contribution in [1.29, 1.82) is 0 Å². The average molecular weight is 240 g/mol. The van der Waals surface area contributed by atoms with E-state index in [4.69, 9.17) is 5.73 Å². The smallest absolute Gasteiger partial charge is 0.0272 e. The SMILES string of the molecule is CCC(C)CN(CC)C1C(C)CC(C)CC1N. The Morgan fingerprint density at radius 3 is 2.35 bits per heavy atom. The Labute approximate surface area is 108 Å². The largest absolute Gasteiger partial charge is 0.326 e. The lowest BCUT2D eigenvalue weighted by atomic mass is 9.76. The third-order valence-corrected chi connectivity index (χ3v) is 4.54. The van der Waals surface area contributed by atoms with Gasteiger partial charge in [0.1, 0.15) is 0 Å². The molecule has 0 spiro atoms. The van der Waals surface area contributed by atoms with Crippen molar-refractivity contribution in [3.63, 3.8) is 0 Å². The number of nitrogens with two attached hydrogens (primary N) is 1. The van der Waals surface area contributed by atoms with Crippen LogP contribution < -0.4 is 5.73 Å². The molecule has 0 saturated heterocycles. The van der Waals surface area contributed by atoms with E-state index in [-0.39, 0.29) is 0 Å². The summed E-state index contributed by atoms with van der Waals surface area (Å²) in [5, 5.41) is 0. The van der Waals surface area contributed by atoms with Crippen molar-refractivity contribution >= 4 is 0 Å². The van der Waals surface area contributed by atoms with Gasteiger partial charge in [0, 0.05) is 18.6 Å². The third-order valence-electron chi connectivity index (χ3n) is 4.54. The molecule has 17 heavy (non-hydrogen) atoms. The van der Waals surface area contributed by atoms with Gasteiger partial charge in [-0.25, -0.2) is 0 Å². The summed E-state index contributed by atoms with van der Waals surface area (Å²) >= 11 is 0. The van der Waals surface area contributed by atoms with Crippen LogP contribution in [0, 0.1) is 17.8 Å². The summed E-state index contributed by atoms with van der Waals surface area (Å²) in [6.45, 7) is 14.0. The maximum atomic E-state index is 6.41. The van der Waals surface area contributed by atoms with Gasteiger partial charge in [-0.3, -0.25) is 4.90 Å². The fourth-order valence-electron chi connectivity index (χ4n) is 3.52. The number of nitrogens with zero attached hydrogens (tertiary/aromatic N) is 1. The molecule has 0 bridgehead atoms. The fourth-order valence-corrected chi connectivity index (χ4v) is 3.52. The van der Waals surface area contributed by atoms with Gasteiger partial charge in [0.25, 0.3) is 0 Å². The molecule has 0 heterocycles. The van der Waals surface area contributed by atoms with Crippen molar-refractivity contribution in [2.24, 2.45) is 23.5 Å².